The SMILES string of the molecule is O=C(NCc1ccc(F)cc1)c1nnc2n1CCN1CCN(C(=O)c3ccn[nH]3)CC21. The van der Waals surface area contributed by atoms with Crippen molar-refractivity contribution in [1.29, 1.82) is 0 Å². The quantitative estimate of drug-likeness (QED) is 0.634. The van der Waals surface area contributed by atoms with E-state index >= 15 is 0 Å². The molecule has 0 spiro atoms. The van der Waals surface area contributed by atoms with Crippen molar-refractivity contribution < 1.29 is 14.0 Å². The number of piperazine rings is 1. The number of nitrogens with one attached hydrogen (secondary N) is 2. The maximum Gasteiger partial charge on any atom is 0.289 e. The molecule has 11 heteroatoms. The van der Waals surface area contributed by atoms with Gasteiger partial charge in [-0.3, -0.25) is 19.6 Å². The minimum absolute atomic E-state index is 0.106. The second kappa shape index (κ2) is 7.91. The number of halogens is 1. The average molecular weight is 424 g/mol. The first-order valence-electron chi connectivity index (χ1n) is 10.1. The first kappa shape index (κ1) is 19.4. The zero-order valence-electron chi connectivity index (χ0n) is 16.7. The fourth-order valence-electron chi connectivity index (χ4n) is 4.11. The molecule has 160 valence electrons. The third kappa shape index (κ3) is 3.67. The molecule has 2 N–H and O–H groups in total. The van der Waals surface area contributed by atoms with Crippen LogP contribution in [-0.4, -0.2) is 72.8 Å². The van der Waals surface area contributed by atoms with Gasteiger partial charge in [-0.05, 0) is 23.8 Å². The lowest BCUT2D eigenvalue weighted by Gasteiger charge is -2.43. The Bertz CT molecular complexity index is 1100. The minimum atomic E-state index is -0.335. The van der Waals surface area contributed by atoms with Crippen molar-refractivity contribution in [2.24, 2.45) is 0 Å². The van der Waals surface area contributed by atoms with Crippen LogP contribution >= 0.6 is 0 Å². The zero-order valence-corrected chi connectivity index (χ0v) is 16.7. The van der Waals surface area contributed by atoms with Crippen LogP contribution in [0.5, 0.6) is 0 Å². The highest BCUT2D eigenvalue weighted by Crippen LogP contribution is 2.29. The van der Waals surface area contributed by atoms with Crippen LogP contribution in [0.4, 0.5) is 4.39 Å². The van der Waals surface area contributed by atoms with E-state index in [1.54, 1.807) is 29.3 Å². The molecule has 4 heterocycles. The number of fused-ring (bicyclic) bond motifs is 3. The van der Waals surface area contributed by atoms with Crippen LogP contribution in [0.25, 0.3) is 0 Å². The van der Waals surface area contributed by atoms with Gasteiger partial charge >= 0.3 is 0 Å². The van der Waals surface area contributed by atoms with E-state index in [-0.39, 0.29) is 36.0 Å². The number of hydrogen-bond acceptors (Lipinski definition) is 6. The number of carbonyl (C=O) groups excluding carboxylic acids is 2. The summed E-state index contributed by atoms with van der Waals surface area (Å²) in [5, 5.41) is 17.8. The summed E-state index contributed by atoms with van der Waals surface area (Å²) in [6.45, 7) is 3.43. The number of amides is 2. The second-order valence-corrected chi connectivity index (χ2v) is 7.62. The van der Waals surface area contributed by atoms with Gasteiger partial charge < -0.3 is 14.8 Å². The summed E-state index contributed by atoms with van der Waals surface area (Å²) in [4.78, 5) is 29.5. The molecule has 2 aromatic heterocycles. The number of aromatic amines is 1. The third-order valence-corrected chi connectivity index (χ3v) is 5.77. The fraction of sp³-hybridized carbons (Fsp3) is 0.350. The fourth-order valence-corrected chi connectivity index (χ4v) is 4.11. The first-order valence-corrected chi connectivity index (χ1v) is 10.1. The molecule has 1 aromatic carbocycles. The molecule has 1 saturated heterocycles. The molecule has 1 atom stereocenters. The van der Waals surface area contributed by atoms with Crippen molar-refractivity contribution in [3.05, 3.63) is 65.3 Å². The van der Waals surface area contributed by atoms with Crippen LogP contribution in [0.1, 0.15) is 38.5 Å². The van der Waals surface area contributed by atoms with Crippen molar-refractivity contribution in [2.45, 2.75) is 19.1 Å². The molecule has 31 heavy (non-hydrogen) atoms. The van der Waals surface area contributed by atoms with Crippen LogP contribution < -0.4 is 5.32 Å². The van der Waals surface area contributed by atoms with Crippen molar-refractivity contribution in [1.82, 2.24) is 40.1 Å². The van der Waals surface area contributed by atoms with Crippen LogP contribution in [0.15, 0.2) is 36.5 Å². The number of H-pyrrole nitrogens is 1. The molecule has 5 rings (SSSR count). The van der Waals surface area contributed by atoms with Gasteiger partial charge in [0, 0.05) is 45.5 Å². The molecular weight excluding hydrogens is 403 g/mol. The van der Waals surface area contributed by atoms with Crippen molar-refractivity contribution in [3.63, 3.8) is 0 Å². The van der Waals surface area contributed by atoms with E-state index in [0.717, 1.165) is 18.7 Å². The Kier molecular flexibility index (Phi) is 4.94. The Hall–Kier alpha value is -3.60. The summed E-state index contributed by atoms with van der Waals surface area (Å²) < 4.78 is 14.9. The van der Waals surface area contributed by atoms with Crippen LogP contribution in [0.3, 0.4) is 0 Å². The van der Waals surface area contributed by atoms with Gasteiger partial charge in [0.05, 0.1) is 6.04 Å². The summed E-state index contributed by atoms with van der Waals surface area (Å²) in [7, 11) is 0. The predicted octanol–water partition coefficient (Wildman–Crippen LogP) is 0.583. The molecule has 0 saturated carbocycles. The zero-order chi connectivity index (χ0) is 21.4. The molecule has 2 aliphatic heterocycles. The van der Waals surface area contributed by atoms with Crippen LogP contribution in [-0.2, 0) is 13.1 Å². The average Bonchev–Trinajstić information content (AvgIpc) is 3.48. The van der Waals surface area contributed by atoms with Gasteiger partial charge in [0.2, 0.25) is 5.82 Å². The molecule has 2 aliphatic rings. The van der Waals surface area contributed by atoms with Gasteiger partial charge in [-0.15, -0.1) is 10.2 Å². The van der Waals surface area contributed by atoms with Crippen LogP contribution in [0, 0.1) is 5.82 Å². The normalized spacial score (nSPS) is 18.4. The Balaban J connectivity index is 1.30. The molecule has 1 fully saturated rings. The highest BCUT2D eigenvalue weighted by molar-refractivity contribution is 5.92. The van der Waals surface area contributed by atoms with Gasteiger partial charge in [0.25, 0.3) is 11.8 Å². The van der Waals surface area contributed by atoms with E-state index in [4.69, 9.17) is 0 Å². The molecular formula is C20H21FN8O2. The van der Waals surface area contributed by atoms with Crippen LogP contribution in [0.2, 0.25) is 0 Å². The molecule has 1 unspecified atom stereocenters. The molecule has 0 radical (unpaired) electrons. The van der Waals surface area contributed by atoms with Gasteiger partial charge in [-0.25, -0.2) is 4.39 Å². The second-order valence-electron chi connectivity index (χ2n) is 7.62. The smallest absolute Gasteiger partial charge is 0.289 e. The van der Waals surface area contributed by atoms with Crippen molar-refractivity contribution >= 4 is 11.8 Å². The molecule has 0 bridgehead atoms. The minimum Gasteiger partial charge on any atom is -0.345 e. The predicted molar refractivity (Wildman–Crippen MR) is 106 cm³/mol. The van der Waals surface area contributed by atoms with Crippen molar-refractivity contribution in [2.75, 3.05) is 26.2 Å². The standard InChI is InChI=1S/C20H21FN8O2/c21-14-3-1-13(2-4-14)11-22-19(30)18-26-25-17-16-12-28(20(31)15-5-6-23-24-15)8-7-27(16)9-10-29(17)18/h1-6,16H,7-12H2,(H,22,30)(H,23,24). The molecule has 3 aromatic rings. The summed E-state index contributed by atoms with van der Waals surface area (Å²) in [6, 6.07) is 7.49. The molecule has 2 amide bonds. The lowest BCUT2D eigenvalue weighted by Crippen LogP contribution is -2.53. The Labute approximate surface area is 177 Å². The largest absolute Gasteiger partial charge is 0.345 e. The topological polar surface area (TPSA) is 112 Å². The first-order chi connectivity index (χ1) is 15.1. The lowest BCUT2D eigenvalue weighted by atomic mass is 10.1. The number of aromatic nitrogens is 5. The van der Waals surface area contributed by atoms with Gasteiger partial charge in [0.1, 0.15) is 11.5 Å². The maximum absolute atomic E-state index is 13.0. The number of carbonyl (C=O) groups is 2. The Morgan fingerprint density at radius 2 is 1.90 bits per heavy atom. The van der Waals surface area contributed by atoms with Gasteiger partial charge in [-0.2, -0.15) is 5.10 Å². The summed E-state index contributed by atoms with van der Waals surface area (Å²) >= 11 is 0. The Morgan fingerprint density at radius 3 is 2.68 bits per heavy atom. The lowest BCUT2D eigenvalue weighted by molar-refractivity contribution is 0.0368. The summed E-state index contributed by atoms with van der Waals surface area (Å²) in [5.74, 6) is 0.163. The highest BCUT2D eigenvalue weighted by atomic mass is 19.1. The van der Waals surface area contributed by atoms with E-state index in [9.17, 15) is 14.0 Å². The summed E-state index contributed by atoms with van der Waals surface area (Å²) in [5.41, 5.74) is 1.24. The van der Waals surface area contributed by atoms with E-state index in [1.807, 2.05) is 4.57 Å². The van der Waals surface area contributed by atoms with Gasteiger partial charge in [0.15, 0.2) is 5.82 Å². The molecule has 0 aliphatic carbocycles. The monoisotopic (exact) mass is 424 g/mol. The summed E-state index contributed by atoms with van der Waals surface area (Å²) in [6.07, 6.45) is 1.55. The Morgan fingerprint density at radius 1 is 1.10 bits per heavy atom. The van der Waals surface area contributed by atoms with Gasteiger partial charge in [-0.1, -0.05) is 12.1 Å². The highest BCUT2D eigenvalue weighted by Gasteiger charge is 2.38. The van der Waals surface area contributed by atoms with Crippen molar-refractivity contribution in [3.8, 4) is 0 Å². The number of benzene rings is 1. The van der Waals surface area contributed by atoms with E-state index in [2.05, 4.69) is 30.6 Å². The molecule has 10 nitrogen and oxygen atoms in total. The van der Waals surface area contributed by atoms with E-state index in [0.29, 0.717) is 31.2 Å². The maximum atomic E-state index is 13.0. The third-order valence-electron chi connectivity index (χ3n) is 5.77. The van der Waals surface area contributed by atoms with E-state index in [1.165, 1.54) is 12.1 Å². The number of hydrogen-bond donors (Lipinski definition) is 2. The van der Waals surface area contributed by atoms with E-state index < -0.39 is 0 Å². The number of rotatable bonds is 4. The number of nitrogens with zero attached hydrogens (tertiary/aromatic N) is 6.